The largest absolute Gasteiger partial charge is 0.467 e. The van der Waals surface area contributed by atoms with Crippen LogP contribution < -0.4 is 0 Å². The van der Waals surface area contributed by atoms with Crippen LogP contribution in [0.25, 0.3) is 0 Å². The zero-order valence-electron chi connectivity index (χ0n) is 9.99. The Morgan fingerprint density at radius 3 is 2.69 bits per heavy atom. The van der Waals surface area contributed by atoms with Crippen molar-refractivity contribution in [1.82, 2.24) is 0 Å². The summed E-state index contributed by atoms with van der Waals surface area (Å²) in [4.78, 5) is 14.1. The second-order valence-corrected chi connectivity index (χ2v) is 5.51. The summed E-state index contributed by atoms with van der Waals surface area (Å²) in [5.41, 5.74) is -1.28. The Bertz CT molecular complexity index is 426. The van der Waals surface area contributed by atoms with E-state index in [1.807, 2.05) is 32.9 Å². The topological polar surface area (TPSA) is 38.8 Å². The first kappa shape index (κ1) is 11.6. The smallest absolute Gasteiger partial charge is 0.341 e. The molecule has 2 rings (SSSR count). The van der Waals surface area contributed by atoms with Crippen molar-refractivity contribution in [1.29, 1.82) is 0 Å². The average molecular weight is 240 g/mol. The number of carbonyl (C=O) groups excluding carboxylic acids is 1. The van der Waals surface area contributed by atoms with Gasteiger partial charge in [-0.15, -0.1) is 11.3 Å². The number of thiophene rings is 1. The van der Waals surface area contributed by atoms with E-state index in [9.17, 15) is 4.79 Å². The first-order chi connectivity index (χ1) is 7.50. The molecule has 16 heavy (non-hydrogen) atoms. The molecule has 2 unspecified atom stereocenters. The Balaban J connectivity index is 2.33. The van der Waals surface area contributed by atoms with E-state index in [0.29, 0.717) is 6.42 Å². The molecule has 0 spiro atoms. The monoisotopic (exact) mass is 240 g/mol. The van der Waals surface area contributed by atoms with Gasteiger partial charge in [0.15, 0.2) is 5.60 Å². The number of hydrogen-bond acceptors (Lipinski definition) is 4. The van der Waals surface area contributed by atoms with Crippen LogP contribution in [0.1, 0.15) is 30.0 Å². The highest BCUT2D eigenvalue weighted by Crippen LogP contribution is 2.59. The van der Waals surface area contributed by atoms with Gasteiger partial charge in [0.05, 0.1) is 7.11 Å². The minimum atomic E-state index is -0.779. The average Bonchev–Trinajstić information content (AvgIpc) is 2.66. The van der Waals surface area contributed by atoms with Crippen LogP contribution >= 0.6 is 11.3 Å². The summed E-state index contributed by atoms with van der Waals surface area (Å²) in [7, 11) is 1.40. The molecule has 0 amide bonds. The molecule has 3 nitrogen and oxygen atoms in total. The lowest BCUT2D eigenvalue weighted by Gasteiger charge is -2.11. The molecular weight excluding hydrogens is 224 g/mol. The molecule has 4 heteroatoms. The van der Waals surface area contributed by atoms with Crippen molar-refractivity contribution in [3.8, 4) is 0 Å². The van der Waals surface area contributed by atoms with Gasteiger partial charge in [-0.3, -0.25) is 0 Å². The minimum absolute atomic E-state index is 0.274. The molecule has 1 aromatic heterocycles. The van der Waals surface area contributed by atoms with E-state index in [-0.39, 0.29) is 5.97 Å². The van der Waals surface area contributed by atoms with Crippen molar-refractivity contribution >= 4 is 17.3 Å². The summed E-state index contributed by atoms with van der Waals surface area (Å²) in [6, 6.07) is 4.07. The van der Waals surface area contributed by atoms with E-state index in [0.717, 1.165) is 4.88 Å². The maximum atomic E-state index is 11.8. The minimum Gasteiger partial charge on any atom is -0.467 e. The molecule has 1 saturated heterocycles. The summed E-state index contributed by atoms with van der Waals surface area (Å²) in [5, 5.41) is 0. The molecule has 1 aliphatic rings. The summed E-state index contributed by atoms with van der Waals surface area (Å²) in [5.74, 6) is -0.274. The lowest BCUT2D eigenvalue weighted by Crippen LogP contribution is -2.31. The van der Waals surface area contributed by atoms with Gasteiger partial charge in [-0.1, -0.05) is 6.92 Å². The van der Waals surface area contributed by atoms with Crippen molar-refractivity contribution in [2.45, 2.75) is 38.4 Å². The van der Waals surface area contributed by atoms with Crippen LogP contribution in [-0.2, 0) is 19.9 Å². The number of esters is 1. The Kier molecular flexibility index (Phi) is 2.59. The van der Waals surface area contributed by atoms with Crippen LogP contribution in [-0.4, -0.2) is 18.7 Å². The summed E-state index contributed by atoms with van der Waals surface area (Å²) < 4.78 is 10.6. The van der Waals surface area contributed by atoms with Crippen LogP contribution in [0.3, 0.4) is 0 Å². The molecule has 1 aliphatic heterocycles. The molecule has 0 bridgehead atoms. The van der Waals surface area contributed by atoms with Gasteiger partial charge < -0.3 is 9.47 Å². The third kappa shape index (κ3) is 1.33. The second kappa shape index (κ2) is 3.57. The summed E-state index contributed by atoms with van der Waals surface area (Å²) >= 11 is 1.67. The number of methoxy groups -OCH3 is 1. The van der Waals surface area contributed by atoms with Gasteiger partial charge in [-0.2, -0.15) is 0 Å². The maximum Gasteiger partial charge on any atom is 0.341 e. The molecule has 1 fully saturated rings. The highest BCUT2D eigenvalue weighted by Gasteiger charge is 2.73. The normalized spacial score (nSPS) is 32.5. The summed E-state index contributed by atoms with van der Waals surface area (Å²) in [6.45, 7) is 5.95. The van der Waals surface area contributed by atoms with E-state index in [2.05, 4.69) is 0 Å². The molecule has 0 aromatic carbocycles. The predicted molar refractivity (Wildman–Crippen MR) is 62.5 cm³/mol. The molecule has 0 radical (unpaired) electrons. The second-order valence-electron chi connectivity index (χ2n) is 4.22. The number of aryl methyl sites for hydroxylation is 1. The third-order valence-corrected chi connectivity index (χ3v) is 4.53. The fraction of sp³-hybridized carbons (Fsp3) is 0.583. The van der Waals surface area contributed by atoms with Crippen molar-refractivity contribution < 1.29 is 14.3 Å². The van der Waals surface area contributed by atoms with Gasteiger partial charge in [0.25, 0.3) is 0 Å². The van der Waals surface area contributed by atoms with Gasteiger partial charge in [0.2, 0.25) is 0 Å². The molecule has 2 heterocycles. The van der Waals surface area contributed by atoms with E-state index >= 15 is 0 Å². The van der Waals surface area contributed by atoms with Crippen molar-refractivity contribution in [3.63, 3.8) is 0 Å². The molecule has 88 valence electrons. The van der Waals surface area contributed by atoms with Gasteiger partial charge >= 0.3 is 5.97 Å². The third-order valence-electron chi connectivity index (χ3n) is 3.33. The van der Waals surface area contributed by atoms with Crippen LogP contribution in [0, 0.1) is 6.92 Å². The van der Waals surface area contributed by atoms with Crippen molar-refractivity contribution in [3.05, 3.63) is 21.9 Å². The van der Waals surface area contributed by atoms with E-state index in [1.165, 1.54) is 12.0 Å². The Labute approximate surface area is 99.4 Å². The lowest BCUT2D eigenvalue weighted by atomic mass is 9.90. The fourth-order valence-corrected chi connectivity index (χ4v) is 3.24. The van der Waals surface area contributed by atoms with Crippen LogP contribution in [0.5, 0.6) is 0 Å². The zero-order chi connectivity index (χ0) is 12.0. The zero-order valence-corrected chi connectivity index (χ0v) is 10.8. The quantitative estimate of drug-likeness (QED) is 0.602. The molecule has 2 atom stereocenters. The molecular formula is C12H16O3S. The number of ether oxygens (including phenoxy) is 2. The number of epoxide rings is 1. The van der Waals surface area contributed by atoms with Crippen molar-refractivity contribution in [2.75, 3.05) is 7.11 Å². The first-order valence-electron chi connectivity index (χ1n) is 5.35. The van der Waals surface area contributed by atoms with Gasteiger partial charge in [-0.25, -0.2) is 4.79 Å². The highest BCUT2D eigenvalue weighted by atomic mass is 32.1. The predicted octanol–water partition coefficient (Wildman–Crippen LogP) is 2.62. The Hall–Kier alpha value is -0.870. The molecule has 0 N–H and O–H groups in total. The molecule has 1 aromatic rings. The SMILES string of the molecule is CCC1(C(=O)OC)OC1(C)c1ccc(C)s1. The number of hydrogen-bond donors (Lipinski definition) is 0. The number of rotatable bonds is 3. The Morgan fingerprint density at radius 1 is 1.56 bits per heavy atom. The van der Waals surface area contributed by atoms with E-state index < -0.39 is 11.2 Å². The van der Waals surface area contributed by atoms with Gasteiger partial charge in [0, 0.05) is 9.75 Å². The van der Waals surface area contributed by atoms with E-state index in [4.69, 9.17) is 9.47 Å². The lowest BCUT2D eigenvalue weighted by molar-refractivity contribution is -0.147. The first-order valence-corrected chi connectivity index (χ1v) is 6.17. The highest BCUT2D eigenvalue weighted by molar-refractivity contribution is 7.12. The molecule has 0 aliphatic carbocycles. The maximum absolute atomic E-state index is 11.8. The summed E-state index contributed by atoms with van der Waals surface area (Å²) in [6.07, 6.45) is 0.632. The standard InChI is InChI=1S/C12H16O3S/c1-5-12(10(13)14-4)11(3,15-12)9-7-6-8(2)16-9/h6-7H,5H2,1-4H3. The van der Waals surface area contributed by atoms with Crippen LogP contribution in [0.15, 0.2) is 12.1 Å². The van der Waals surface area contributed by atoms with Crippen LogP contribution in [0.4, 0.5) is 0 Å². The van der Waals surface area contributed by atoms with Gasteiger partial charge in [0.1, 0.15) is 5.60 Å². The van der Waals surface area contributed by atoms with E-state index in [1.54, 1.807) is 11.3 Å². The van der Waals surface area contributed by atoms with Crippen LogP contribution in [0.2, 0.25) is 0 Å². The fourth-order valence-electron chi connectivity index (χ4n) is 2.22. The molecule has 0 saturated carbocycles. The Morgan fingerprint density at radius 2 is 2.25 bits per heavy atom. The van der Waals surface area contributed by atoms with Crippen molar-refractivity contribution in [2.24, 2.45) is 0 Å². The van der Waals surface area contributed by atoms with Gasteiger partial charge in [-0.05, 0) is 32.4 Å². The number of carbonyl (C=O) groups is 1.